The van der Waals surface area contributed by atoms with Gasteiger partial charge in [-0.3, -0.25) is 0 Å². The molecule has 2 rings (SSSR count). The molecule has 152 valence electrons. The molecule has 0 aliphatic carbocycles. The summed E-state index contributed by atoms with van der Waals surface area (Å²) in [6.45, 7) is 12.3. The second-order valence-corrected chi connectivity index (χ2v) is 8.03. The third-order valence-corrected chi connectivity index (χ3v) is 4.43. The zero-order valence-corrected chi connectivity index (χ0v) is 17.7. The largest absolute Gasteiger partial charge is 0.462 e. The van der Waals surface area contributed by atoms with Gasteiger partial charge < -0.3 is 14.8 Å². The van der Waals surface area contributed by atoms with E-state index < -0.39 is 17.9 Å². The summed E-state index contributed by atoms with van der Waals surface area (Å²) >= 11 is 0. The standard InChI is InChI=1S/C23H31NO4/c1-14(2)12-27-22(25)19-16(5)24-17(6)20(23(26)28-13-15(3)4)21(19)18-10-8-7-9-11-18/h7-11,14-15,21,24H,12-13H2,1-6H3. The molecule has 1 heterocycles. The van der Waals surface area contributed by atoms with Gasteiger partial charge in [0.1, 0.15) is 0 Å². The maximum Gasteiger partial charge on any atom is 0.336 e. The number of carbonyl (C=O) groups excluding carboxylic acids is 2. The molecule has 28 heavy (non-hydrogen) atoms. The van der Waals surface area contributed by atoms with E-state index in [0.717, 1.165) is 5.56 Å². The fourth-order valence-electron chi connectivity index (χ4n) is 3.15. The number of ether oxygens (including phenoxy) is 2. The van der Waals surface area contributed by atoms with Crippen LogP contribution in [-0.4, -0.2) is 25.2 Å². The van der Waals surface area contributed by atoms with Crippen molar-refractivity contribution in [2.45, 2.75) is 47.5 Å². The minimum atomic E-state index is -0.526. The van der Waals surface area contributed by atoms with E-state index >= 15 is 0 Å². The van der Waals surface area contributed by atoms with Gasteiger partial charge in [-0.15, -0.1) is 0 Å². The smallest absolute Gasteiger partial charge is 0.336 e. The Bertz CT molecular complexity index is 729. The highest BCUT2D eigenvalue weighted by atomic mass is 16.5. The van der Waals surface area contributed by atoms with Crippen molar-refractivity contribution < 1.29 is 19.1 Å². The van der Waals surface area contributed by atoms with Crippen molar-refractivity contribution >= 4 is 11.9 Å². The average molecular weight is 386 g/mol. The Morgan fingerprint density at radius 3 is 1.68 bits per heavy atom. The summed E-state index contributed by atoms with van der Waals surface area (Å²) in [6.07, 6.45) is 0. The quantitative estimate of drug-likeness (QED) is 0.708. The Labute approximate surface area is 167 Å². The molecule has 0 fully saturated rings. The number of hydrogen-bond acceptors (Lipinski definition) is 5. The Balaban J connectivity index is 2.47. The molecule has 1 aromatic carbocycles. The van der Waals surface area contributed by atoms with Crippen molar-refractivity contribution in [3.8, 4) is 0 Å². The third-order valence-electron chi connectivity index (χ3n) is 4.43. The van der Waals surface area contributed by atoms with Crippen LogP contribution in [0.3, 0.4) is 0 Å². The molecular formula is C23H31NO4. The molecule has 0 saturated heterocycles. The van der Waals surface area contributed by atoms with Crippen molar-refractivity contribution in [2.75, 3.05) is 13.2 Å². The maximum atomic E-state index is 12.9. The van der Waals surface area contributed by atoms with Crippen LogP contribution in [0.4, 0.5) is 0 Å². The minimum Gasteiger partial charge on any atom is -0.462 e. The van der Waals surface area contributed by atoms with E-state index in [1.807, 2.05) is 71.9 Å². The van der Waals surface area contributed by atoms with Crippen molar-refractivity contribution in [3.63, 3.8) is 0 Å². The van der Waals surface area contributed by atoms with Gasteiger partial charge >= 0.3 is 11.9 Å². The van der Waals surface area contributed by atoms with Crippen LogP contribution < -0.4 is 5.32 Å². The number of carbonyl (C=O) groups is 2. The molecule has 0 unspecified atom stereocenters. The van der Waals surface area contributed by atoms with Gasteiger partial charge in [-0.1, -0.05) is 58.0 Å². The zero-order valence-electron chi connectivity index (χ0n) is 17.7. The Hall–Kier alpha value is -2.56. The van der Waals surface area contributed by atoms with E-state index in [4.69, 9.17) is 9.47 Å². The summed E-state index contributed by atoms with van der Waals surface area (Å²) in [5.74, 6) is -0.890. The summed E-state index contributed by atoms with van der Waals surface area (Å²) in [4.78, 5) is 25.9. The number of dihydropyridines is 1. The number of benzene rings is 1. The first kappa shape index (κ1) is 21.7. The van der Waals surface area contributed by atoms with Gasteiger partial charge in [0.05, 0.1) is 30.3 Å². The van der Waals surface area contributed by atoms with Gasteiger partial charge in [-0.05, 0) is 31.2 Å². The summed E-state index contributed by atoms with van der Waals surface area (Å²) < 4.78 is 11.0. The second-order valence-electron chi connectivity index (χ2n) is 8.03. The Morgan fingerprint density at radius 2 is 1.29 bits per heavy atom. The summed E-state index contributed by atoms with van der Waals surface area (Å²) in [5.41, 5.74) is 3.15. The second kappa shape index (κ2) is 9.58. The van der Waals surface area contributed by atoms with Gasteiger partial charge in [0.25, 0.3) is 0 Å². The van der Waals surface area contributed by atoms with E-state index in [0.29, 0.717) is 35.8 Å². The van der Waals surface area contributed by atoms with E-state index in [-0.39, 0.29) is 11.8 Å². The molecule has 1 aromatic rings. The fraction of sp³-hybridized carbons (Fsp3) is 0.478. The van der Waals surface area contributed by atoms with Gasteiger partial charge in [0, 0.05) is 11.4 Å². The van der Waals surface area contributed by atoms with Crippen molar-refractivity contribution in [3.05, 3.63) is 58.4 Å². The van der Waals surface area contributed by atoms with Gasteiger partial charge in [0.2, 0.25) is 0 Å². The van der Waals surface area contributed by atoms with E-state index in [1.165, 1.54) is 0 Å². The SMILES string of the molecule is CC1=C(C(=O)OCC(C)C)C(c2ccccc2)C(C(=O)OCC(C)C)=C(C)N1. The van der Waals surface area contributed by atoms with Crippen molar-refractivity contribution in [1.29, 1.82) is 0 Å². The first-order valence-electron chi connectivity index (χ1n) is 9.80. The summed E-state index contributed by atoms with van der Waals surface area (Å²) in [6, 6.07) is 9.54. The molecule has 0 atom stereocenters. The van der Waals surface area contributed by atoms with Crippen LogP contribution in [0.15, 0.2) is 52.9 Å². The van der Waals surface area contributed by atoms with Gasteiger partial charge in [-0.2, -0.15) is 0 Å². The lowest BCUT2D eigenvalue weighted by Crippen LogP contribution is -2.33. The summed E-state index contributed by atoms with van der Waals surface area (Å²) in [5, 5.41) is 3.17. The highest BCUT2D eigenvalue weighted by Gasteiger charge is 2.38. The third kappa shape index (κ3) is 5.24. The molecule has 0 radical (unpaired) electrons. The molecule has 0 saturated carbocycles. The lowest BCUT2D eigenvalue weighted by atomic mass is 9.80. The highest BCUT2D eigenvalue weighted by molar-refractivity contribution is 5.99. The van der Waals surface area contributed by atoms with Crippen LogP contribution in [-0.2, 0) is 19.1 Å². The van der Waals surface area contributed by atoms with Crippen molar-refractivity contribution in [1.82, 2.24) is 5.32 Å². The van der Waals surface area contributed by atoms with Crippen LogP contribution in [0, 0.1) is 11.8 Å². The maximum absolute atomic E-state index is 12.9. The average Bonchev–Trinajstić information content (AvgIpc) is 2.64. The van der Waals surface area contributed by atoms with Crippen LogP contribution in [0.1, 0.15) is 53.0 Å². The molecule has 5 nitrogen and oxygen atoms in total. The van der Waals surface area contributed by atoms with Crippen LogP contribution in [0.5, 0.6) is 0 Å². The van der Waals surface area contributed by atoms with Crippen LogP contribution >= 0.6 is 0 Å². The number of rotatable bonds is 7. The fourth-order valence-corrected chi connectivity index (χ4v) is 3.15. The molecule has 1 aliphatic rings. The molecule has 0 spiro atoms. The lowest BCUT2D eigenvalue weighted by molar-refractivity contribution is -0.141. The Morgan fingerprint density at radius 1 is 0.857 bits per heavy atom. The molecular weight excluding hydrogens is 354 g/mol. The molecule has 1 aliphatic heterocycles. The molecule has 1 N–H and O–H groups in total. The minimum absolute atomic E-state index is 0.226. The number of nitrogens with one attached hydrogen (secondary N) is 1. The lowest BCUT2D eigenvalue weighted by Gasteiger charge is -2.30. The van der Waals surface area contributed by atoms with Crippen LogP contribution in [0.25, 0.3) is 0 Å². The van der Waals surface area contributed by atoms with Crippen LogP contribution in [0.2, 0.25) is 0 Å². The van der Waals surface area contributed by atoms with E-state index in [2.05, 4.69) is 5.32 Å². The molecule has 5 heteroatoms. The number of hydrogen-bond donors (Lipinski definition) is 1. The highest BCUT2D eigenvalue weighted by Crippen LogP contribution is 2.39. The molecule has 0 aromatic heterocycles. The summed E-state index contributed by atoms with van der Waals surface area (Å²) in [7, 11) is 0. The molecule has 0 amide bonds. The number of esters is 2. The van der Waals surface area contributed by atoms with Gasteiger partial charge in [0.15, 0.2) is 0 Å². The first-order chi connectivity index (χ1) is 13.2. The monoisotopic (exact) mass is 385 g/mol. The first-order valence-corrected chi connectivity index (χ1v) is 9.80. The molecule has 0 bridgehead atoms. The van der Waals surface area contributed by atoms with Gasteiger partial charge in [-0.25, -0.2) is 9.59 Å². The van der Waals surface area contributed by atoms with Crippen molar-refractivity contribution in [2.24, 2.45) is 11.8 Å². The zero-order chi connectivity index (χ0) is 20.8. The van der Waals surface area contributed by atoms with E-state index in [1.54, 1.807) is 0 Å². The van der Waals surface area contributed by atoms with E-state index in [9.17, 15) is 9.59 Å². The predicted molar refractivity (Wildman–Crippen MR) is 109 cm³/mol. The normalized spacial score (nSPS) is 15.1. The number of allylic oxidation sites excluding steroid dienone is 2. The topological polar surface area (TPSA) is 64.6 Å². The predicted octanol–water partition coefficient (Wildman–Crippen LogP) is 4.32. The Kier molecular flexibility index (Phi) is 7.44.